The zero-order chi connectivity index (χ0) is 40.7. The fourth-order valence-corrected chi connectivity index (χ4v) is 8.43. The van der Waals surface area contributed by atoms with Crippen molar-refractivity contribution < 1.29 is 45.5 Å². The third-order valence-corrected chi connectivity index (χ3v) is 11.8. The number of aromatic nitrogens is 2. The smallest absolute Gasteiger partial charge is 0.166 e. The maximum Gasteiger partial charge on any atom is 0.166 e. The molecule has 56 heavy (non-hydrogen) atoms. The minimum atomic E-state index is -4.40. The van der Waals surface area contributed by atoms with Crippen LogP contribution in [0.4, 0.5) is 11.4 Å². The van der Waals surface area contributed by atoms with Crippen molar-refractivity contribution in [3.8, 4) is 0 Å². The highest BCUT2D eigenvalue weighted by atomic mass is 32.2. The predicted molar refractivity (Wildman–Crippen MR) is 211 cm³/mol. The van der Waals surface area contributed by atoms with Crippen LogP contribution in [-0.4, -0.2) is 62.1 Å². The van der Waals surface area contributed by atoms with Gasteiger partial charge in [0.25, 0.3) is 0 Å². The van der Waals surface area contributed by atoms with Crippen LogP contribution in [0.5, 0.6) is 0 Å². The summed E-state index contributed by atoms with van der Waals surface area (Å²) in [4.78, 5) is 36.8. The summed E-state index contributed by atoms with van der Waals surface area (Å²) in [6.45, 7) is 8.38. The molecule has 0 saturated heterocycles. The van der Waals surface area contributed by atoms with Gasteiger partial charge in [-0.05, 0) is 48.3 Å². The van der Waals surface area contributed by atoms with E-state index in [4.69, 9.17) is 0 Å². The Morgan fingerprint density at radius 2 is 0.911 bits per heavy atom. The number of rotatable bonds is 10. The van der Waals surface area contributed by atoms with Crippen molar-refractivity contribution in [2.24, 2.45) is 11.8 Å². The first-order valence-electron chi connectivity index (χ1n) is 18.4. The van der Waals surface area contributed by atoms with Gasteiger partial charge in [-0.3, -0.25) is 9.59 Å². The number of H-pyrrole nitrogens is 2. The van der Waals surface area contributed by atoms with E-state index < -0.39 is 54.4 Å². The second-order valence-corrected chi connectivity index (χ2v) is 17.9. The second kappa shape index (κ2) is 17.4. The Kier molecular flexibility index (Phi) is 13.1. The molecular weight excluding hydrogens is 753 g/mol. The van der Waals surface area contributed by atoms with Gasteiger partial charge in [0, 0.05) is 82.5 Å². The van der Waals surface area contributed by atoms with E-state index in [-0.39, 0.29) is 37.5 Å². The summed E-state index contributed by atoms with van der Waals surface area (Å²) in [5.74, 6) is -3.55. The number of aromatic amines is 2. The maximum atomic E-state index is 13.6. The van der Waals surface area contributed by atoms with Gasteiger partial charge >= 0.3 is 0 Å². The molecule has 1 saturated carbocycles. The number of Topliss-reactive ketones (excluding diaryl/α,β-unsaturated/α-hetero) is 2. The molecular formula is C42H48N4O8S2. The van der Waals surface area contributed by atoms with Crippen molar-refractivity contribution >= 4 is 43.2 Å². The van der Waals surface area contributed by atoms with Crippen LogP contribution in [0, 0.1) is 11.8 Å². The number of para-hydroxylation sites is 2. The molecule has 0 unspecified atom stereocenters. The Morgan fingerprint density at radius 3 is 1.20 bits per heavy atom. The lowest BCUT2D eigenvalue weighted by Gasteiger charge is -2.35. The number of pyridine rings is 2. The molecule has 2 aromatic carbocycles. The van der Waals surface area contributed by atoms with Gasteiger partial charge in [0.1, 0.15) is 0 Å². The minimum absolute atomic E-state index is 0.0913. The average molecular weight is 801 g/mol. The highest BCUT2D eigenvalue weighted by Crippen LogP contribution is 2.51. The molecule has 0 spiro atoms. The summed E-state index contributed by atoms with van der Waals surface area (Å²) < 4.78 is 67.6. The van der Waals surface area contributed by atoms with Crippen LogP contribution >= 0.6 is 0 Å². The molecule has 4 heterocycles. The normalized spacial score (nSPS) is 20.7. The van der Waals surface area contributed by atoms with E-state index >= 15 is 0 Å². The van der Waals surface area contributed by atoms with E-state index in [2.05, 4.69) is 9.97 Å². The summed E-state index contributed by atoms with van der Waals surface area (Å²) in [7, 11) is -8.80. The van der Waals surface area contributed by atoms with E-state index in [0.717, 1.165) is 22.5 Å². The molecule has 12 nitrogen and oxygen atoms in total. The monoisotopic (exact) mass is 800 g/mol. The minimum Gasteiger partial charge on any atom is -0.748 e. The van der Waals surface area contributed by atoms with Gasteiger partial charge in [0.05, 0.1) is 32.1 Å². The van der Waals surface area contributed by atoms with E-state index in [1.807, 2.05) is 147 Å². The first-order valence-corrected chi connectivity index (χ1v) is 21.5. The SMILES string of the molecule is CC1(C)C(=CC2C(=O)C(C=C3N(CCCS(=O)(=O)[O-])c4ccccc4C3(C)C)C2=O)N(CCCS(=O)(=O)[O-])c2ccccc21.c1cc[nH+]cc1.c1cc[nH+]cc1. The molecule has 3 aliphatic rings. The van der Waals surface area contributed by atoms with Crippen molar-refractivity contribution in [3.05, 3.63) is 144 Å². The summed E-state index contributed by atoms with van der Waals surface area (Å²) in [5.41, 5.74) is 3.86. The topological polar surface area (TPSA) is 183 Å². The lowest BCUT2D eigenvalue weighted by Crippen LogP contribution is -2.48. The number of nitrogens with one attached hydrogen (secondary N) is 2. The van der Waals surface area contributed by atoms with Gasteiger partial charge in [0.15, 0.2) is 36.4 Å². The Morgan fingerprint density at radius 1 is 0.571 bits per heavy atom. The summed E-state index contributed by atoms with van der Waals surface area (Å²) in [6, 6.07) is 26.9. The van der Waals surface area contributed by atoms with E-state index in [0.29, 0.717) is 11.4 Å². The summed E-state index contributed by atoms with van der Waals surface area (Å²) in [6.07, 6.45) is 11.0. The number of fused-ring (bicyclic) bond motifs is 2. The molecule has 1 fully saturated rings. The highest BCUT2D eigenvalue weighted by molar-refractivity contribution is 7.85. The van der Waals surface area contributed by atoms with Gasteiger partial charge in [0.2, 0.25) is 0 Å². The number of hydrogen-bond acceptors (Lipinski definition) is 10. The van der Waals surface area contributed by atoms with Crippen molar-refractivity contribution in [2.75, 3.05) is 34.4 Å². The zero-order valence-corrected chi connectivity index (χ0v) is 33.6. The first-order chi connectivity index (χ1) is 26.4. The zero-order valence-electron chi connectivity index (χ0n) is 31.9. The van der Waals surface area contributed by atoms with Gasteiger partial charge < -0.3 is 18.9 Å². The number of ketones is 2. The molecule has 2 aliphatic heterocycles. The molecule has 4 aromatic rings. The molecule has 1 aliphatic carbocycles. The third kappa shape index (κ3) is 9.85. The standard InChI is InChI=1S/C32H38N2O8S2.2C5H5N/c1-31(2)23-11-5-7-13-25(23)33(15-9-17-43(37,38)39)27(31)19-21-29(35)22(30(21)36)20-28-32(3,4)24-12-6-8-14-26(24)34(28)16-10-18-44(40,41)42;2*1-2-4-6-5-3-1/h5-8,11-14,19-22H,9-10,15-18H2,1-4H3,(H,37,38,39)(H,40,41,42);2*1-5H. The number of anilines is 2. The number of benzene rings is 2. The third-order valence-electron chi connectivity index (χ3n) is 10.2. The molecule has 7 rings (SSSR count). The van der Waals surface area contributed by atoms with Crippen molar-refractivity contribution in [3.63, 3.8) is 0 Å². The van der Waals surface area contributed by atoms with Crippen molar-refractivity contribution in [2.45, 2.75) is 51.4 Å². The molecule has 0 amide bonds. The first kappa shape index (κ1) is 42.1. The number of nitrogens with zero attached hydrogens (tertiary/aromatic N) is 2. The maximum absolute atomic E-state index is 13.6. The van der Waals surface area contributed by atoms with Crippen LogP contribution in [0.2, 0.25) is 0 Å². The molecule has 296 valence electrons. The average Bonchev–Trinajstić information content (AvgIpc) is 3.51. The van der Waals surface area contributed by atoms with Crippen LogP contribution < -0.4 is 19.8 Å². The van der Waals surface area contributed by atoms with E-state index in [1.54, 1.807) is 12.2 Å². The Labute approximate surface area is 329 Å². The highest BCUT2D eigenvalue weighted by Gasteiger charge is 2.51. The number of hydrogen-bond donors (Lipinski definition) is 0. The molecule has 2 N–H and O–H groups in total. The van der Waals surface area contributed by atoms with Crippen LogP contribution in [0.25, 0.3) is 0 Å². The van der Waals surface area contributed by atoms with Crippen molar-refractivity contribution in [1.29, 1.82) is 0 Å². The molecule has 0 atom stereocenters. The lowest BCUT2D eigenvalue weighted by molar-refractivity contribution is -0.378. The van der Waals surface area contributed by atoms with Crippen molar-refractivity contribution in [1.82, 2.24) is 0 Å². The summed E-state index contributed by atoms with van der Waals surface area (Å²) in [5, 5.41) is 0. The summed E-state index contributed by atoms with van der Waals surface area (Å²) >= 11 is 0. The fraction of sp³-hybridized carbons (Fsp3) is 0.333. The molecule has 0 radical (unpaired) electrons. The number of carbonyl (C=O) groups excluding carboxylic acids is 2. The van der Waals surface area contributed by atoms with Crippen LogP contribution in [0.15, 0.2) is 133 Å². The molecule has 0 bridgehead atoms. The Bertz CT molecular complexity index is 2070. The molecule has 14 heteroatoms. The van der Waals surface area contributed by atoms with Gasteiger partial charge in [-0.25, -0.2) is 26.8 Å². The predicted octanol–water partition coefficient (Wildman–Crippen LogP) is 4.61. The van der Waals surface area contributed by atoms with Gasteiger partial charge in [-0.1, -0.05) is 76.2 Å². The van der Waals surface area contributed by atoms with E-state index in [9.17, 15) is 35.5 Å². The van der Waals surface area contributed by atoms with Crippen LogP contribution in [-0.2, 0) is 40.7 Å². The Balaban J connectivity index is 0.000000424. The fourth-order valence-electron chi connectivity index (χ4n) is 7.46. The molecule has 2 aromatic heterocycles. The number of carbonyl (C=O) groups is 2. The van der Waals surface area contributed by atoms with Crippen LogP contribution in [0.3, 0.4) is 0 Å². The lowest BCUT2D eigenvalue weighted by atomic mass is 9.69. The van der Waals surface area contributed by atoms with E-state index in [1.165, 1.54) is 0 Å². The Hall–Kier alpha value is -5.02. The number of allylic oxidation sites excluding steroid dienone is 4. The quantitative estimate of drug-likeness (QED) is 0.162. The van der Waals surface area contributed by atoms with Gasteiger partial charge in [-0.15, -0.1) is 0 Å². The second-order valence-electron chi connectivity index (χ2n) is 14.8. The van der Waals surface area contributed by atoms with Gasteiger partial charge in [-0.2, -0.15) is 0 Å². The van der Waals surface area contributed by atoms with Crippen LogP contribution in [0.1, 0.15) is 51.7 Å². The largest absolute Gasteiger partial charge is 0.748 e.